The third kappa shape index (κ3) is 5.05. The molecule has 1 aliphatic carbocycles. The Morgan fingerprint density at radius 1 is 1.38 bits per heavy atom. The molecule has 3 N–H and O–H groups in total. The average Bonchev–Trinajstić information content (AvgIpc) is 2.92. The molecule has 1 fully saturated rings. The van der Waals surface area contributed by atoms with Crippen molar-refractivity contribution < 1.29 is 9.53 Å². The largest absolute Gasteiger partial charge is 0.493 e. The highest BCUT2D eigenvalue weighted by atomic mass is 16.5. The lowest BCUT2D eigenvalue weighted by atomic mass is 9.96. The van der Waals surface area contributed by atoms with Gasteiger partial charge in [0.15, 0.2) is 0 Å². The maximum absolute atomic E-state index is 11.8. The van der Waals surface area contributed by atoms with Gasteiger partial charge >= 0.3 is 0 Å². The number of hydrogen-bond acceptors (Lipinski definition) is 3. The average molecular weight is 290 g/mol. The van der Waals surface area contributed by atoms with Gasteiger partial charge in [0.05, 0.1) is 13.0 Å². The Morgan fingerprint density at radius 3 is 2.95 bits per heavy atom. The summed E-state index contributed by atoms with van der Waals surface area (Å²) in [7, 11) is 0. The molecule has 1 aromatic carbocycles. The summed E-state index contributed by atoms with van der Waals surface area (Å²) >= 11 is 0. The van der Waals surface area contributed by atoms with Gasteiger partial charge in [-0.3, -0.25) is 4.79 Å². The number of aryl methyl sites for hydroxylation is 1. The topological polar surface area (TPSA) is 64.3 Å². The lowest BCUT2D eigenvalue weighted by Crippen LogP contribution is -2.33. The highest BCUT2D eigenvalue weighted by Gasteiger charge is 2.25. The molecule has 2 atom stereocenters. The first-order valence-corrected chi connectivity index (χ1v) is 7.85. The van der Waals surface area contributed by atoms with Crippen molar-refractivity contribution in [1.29, 1.82) is 0 Å². The SMILES string of the molecule is Cc1cccc(OCCC(=O)NCC2CCCC2CN)c1. The Labute approximate surface area is 127 Å². The second kappa shape index (κ2) is 8.03. The van der Waals surface area contributed by atoms with Crippen LogP contribution in [0.1, 0.15) is 31.2 Å². The normalized spacial score (nSPS) is 21.2. The second-order valence-electron chi connectivity index (χ2n) is 5.91. The zero-order chi connectivity index (χ0) is 15.1. The zero-order valence-electron chi connectivity index (χ0n) is 12.8. The molecule has 1 amide bonds. The third-order valence-electron chi connectivity index (χ3n) is 4.27. The Balaban J connectivity index is 1.63. The summed E-state index contributed by atoms with van der Waals surface area (Å²) < 4.78 is 5.59. The van der Waals surface area contributed by atoms with E-state index >= 15 is 0 Å². The summed E-state index contributed by atoms with van der Waals surface area (Å²) in [6.45, 7) is 3.93. The van der Waals surface area contributed by atoms with Crippen LogP contribution in [0.4, 0.5) is 0 Å². The van der Waals surface area contributed by atoms with E-state index in [4.69, 9.17) is 10.5 Å². The van der Waals surface area contributed by atoms with Gasteiger partial charge in [-0.1, -0.05) is 18.6 Å². The number of amides is 1. The summed E-state index contributed by atoms with van der Waals surface area (Å²) in [4.78, 5) is 11.8. The van der Waals surface area contributed by atoms with Crippen molar-refractivity contribution in [2.75, 3.05) is 19.7 Å². The number of rotatable bonds is 7. The quantitative estimate of drug-likeness (QED) is 0.809. The molecule has 0 spiro atoms. The summed E-state index contributed by atoms with van der Waals surface area (Å²) in [5, 5.41) is 3.01. The smallest absolute Gasteiger partial charge is 0.223 e. The first-order chi connectivity index (χ1) is 10.2. The Bertz CT molecular complexity index is 462. The van der Waals surface area contributed by atoms with Crippen LogP contribution in [0.2, 0.25) is 0 Å². The molecule has 1 aromatic rings. The van der Waals surface area contributed by atoms with Crippen molar-refractivity contribution in [1.82, 2.24) is 5.32 Å². The molecule has 116 valence electrons. The van der Waals surface area contributed by atoms with E-state index in [0.29, 0.717) is 24.9 Å². The number of nitrogens with two attached hydrogens (primary N) is 1. The van der Waals surface area contributed by atoms with E-state index in [1.54, 1.807) is 0 Å². The van der Waals surface area contributed by atoms with Crippen LogP contribution >= 0.6 is 0 Å². The van der Waals surface area contributed by atoms with Crippen molar-refractivity contribution in [3.05, 3.63) is 29.8 Å². The van der Waals surface area contributed by atoms with Crippen LogP contribution in [0, 0.1) is 18.8 Å². The minimum atomic E-state index is 0.0605. The first-order valence-electron chi connectivity index (χ1n) is 7.85. The van der Waals surface area contributed by atoms with Crippen molar-refractivity contribution >= 4 is 5.91 Å². The highest BCUT2D eigenvalue weighted by molar-refractivity contribution is 5.75. The molecule has 0 radical (unpaired) electrons. The van der Waals surface area contributed by atoms with Crippen LogP contribution in [-0.2, 0) is 4.79 Å². The van der Waals surface area contributed by atoms with Crippen LogP contribution in [0.15, 0.2) is 24.3 Å². The number of ether oxygens (including phenoxy) is 1. The molecule has 4 nitrogen and oxygen atoms in total. The Hall–Kier alpha value is -1.55. The predicted molar refractivity (Wildman–Crippen MR) is 84.2 cm³/mol. The fraction of sp³-hybridized carbons (Fsp3) is 0.588. The van der Waals surface area contributed by atoms with Gasteiger partial charge in [-0.25, -0.2) is 0 Å². The molecular formula is C17H26N2O2. The molecule has 21 heavy (non-hydrogen) atoms. The predicted octanol–water partition coefficient (Wildman–Crippen LogP) is 2.26. The van der Waals surface area contributed by atoms with E-state index in [-0.39, 0.29) is 5.91 Å². The standard InChI is InChI=1S/C17H26N2O2/c1-13-4-2-7-16(10-13)21-9-8-17(20)19-12-15-6-3-5-14(15)11-18/h2,4,7,10,14-15H,3,5-6,8-9,11-12,18H2,1H3,(H,19,20). The summed E-state index contributed by atoms with van der Waals surface area (Å²) in [5.41, 5.74) is 6.91. The zero-order valence-corrected chi connectivity index (χ0v) is 12.8. The van der Waals surface area contributed by atoms with Crippen LogP contribution in [0.5, 0.6) is 5.75 Å². The maximum Gasteiger partial charge on any atom is 0.223 e. The molecule has 0 heterocycles. The Kier molecular flexibility index (Phi) is 6.05. The van der Waals surface area contributed by atoms with Gasteiger partial charge in [-0.15, -0.1) is 0 Å². The van der Waals surface area contributed by atoms with Crippen LogP contribution in [0.3, 0.4) is 0 Å². The van der Waals surface area contributed by atoms with Crippen molar-refractivity contribution in [3.63, 3.8) is 0 Å². The fourth-order valence-corrected chi connectivity index (χ4v) is 2.99. The molecule has 0 aliphatic heterocycles. The number of carbonyl (C=O) groups is 1. The molecule has 0 bridgehead atoms. The van der Waals surface area contributed by atoms with Gasteiger partial charge < -0.3 is 15.8 Å². The van der Waals surface area contributed by atoms with Crippen molar-refractivity contribution in [2.24, 2.45) is 17.6 Å². The van der Waals surface area contributed by atoms with Crippen molar-refractivity contribution in [2.45, 2.75) is 32.6 Å². The number of benzene rings is 1. The second-order valence-corrected chi connectivity index (χ2v) is 5.91. The van der Waals surface area contributed by atoms with Crippen LogP contribution in [0.25, 0.3) is 0 Å². The molecule has 1 saturated carbocycles. The lowest BCUT2D eigenvalue weighted by Gasteiger charge is -2.18. The molecule has 2 unspecified atom stereocenters. The van der Waals surface area contributed by atoms with Gasteiger partial charge in [0.2, 0.25) is 5.91 Å². The molecule has 4 heteroatoms. The molecule has 0 saturated heterocycles. The van der Waals surface area contributed by atoms with Crippen LogP contribution < -0.4 is 15.8 Å². The number of nitrogens with one attached hydrogen (secondary N) is 1. The molecule has 1 aliphatic rings. The molecular weight excluding hydrogens is 264 g/mol. The maximum atomic E-state index is 11.8. The van der Waals surface area contributed by atoms with Gasteiger partial charge in [0.25, 0.3) is 0 Å². The lowest BCUT2D eigenvalue weighted by molar-refractivity contribution is -0.121. The van der Waals surface area contributed by atoms with Crippen LogP contribution in [-0.4, -0.2) is 25.6 Å². The van der Waals surface area contributed by atoms with E-state index < -0.39 is 0 Å². The van der Waals surface area contributed by atoms with E-state index in [1.807, 2.05) is 31.2 Å². The molecule has 0 aromatic heterocycles. The van der Waals surface area contributed by atoms with E-state index in [0.717, 1.165) is 24.4 Å². The van der Waals surface area contributed by atoms with E-state index in [9.17, 15) is 4.79 Å². The Morgan fingerprint density at radius 2 is 2.19 bits per heavy atom. The number of hydrogen-bond donors (Lipinski definition) is 2. The summed E-state index contributed by atoms with van der Waals surface area (Å²) in [6, 6.07) is 7.87. The third-order valence-corrected chi connectivity index (χ3v) is 4.27. The van der Waals surface area contributed by atoms with E-state index in [1.165, 1.54) is 19.3 Å². The first kappa shape index (κ1) is 15.8. The summed E-state index contributed by atoms with van der Waals surface area (Å²) in [5.74, 6) is 2.01. The van der Waals surface area contributed by atoms with Crippen molar-refractivity contribution in [3.8, 4) is 5.75 Å². The van der Waals surface area contributed by atoms with Gasteiger partial charge in [0, 0.05) is 6.54 Å². The van der Waals surface area contributed by atoms with Gasteiger partial charge in [0.1, 0.15) is 5.75 Å². The molecule has 2 rings (SSSR count). The van der Waals surface area contributed by atoms with Gasteiger partial charge in [-0.2, -0.15) is 0 Å². The fourth-order valence-electron chi connectivity index (χ4n) is 2.99. The summed E-state index contributed by atoms with van der Waals surface area (Å²) in [6.07, 6.45) is 4.02. The number of carbonyl (C=O) groups excluding carboxylic acids is 1. The van der Waals surface area contributed by atoms with E-state index in [2.05, 4.69) is 5.32 Å². The minimum absolute atomic E-state index is 0.0605. The van der Waals surface area contributed by atoms with Gasteiger partial charge in [-0.05, 0) is 55.8 Å². The highest BCUT2D eigenvalue weighted by Crippen LogP contribution is 2.30. The monoisotopic (exact) mass is 290 g/mol. The minimum Gasteiger partial charge on any atom is -0.493 e.